The van der Waals surface area contributed by atoms with Crippen molar-refractivity contribution < 1.29 is 4.42 Å². The fourth-order valence-electron chi connectivity index (χ4n) is 7.12. The predicted molar refractivity (Wildman–Crippen MR) is 188 cm³/mol. The Bertz CT molecular complexity index is 2810. The Morgan fingerprint density at radius 1 is 0.356 bits per heavy atom. The Morgan fingerprint density at radius 3 is 1.84 bits per heavy atom. The molecule has 0 spiro atoms. The van der Waals surface area contributed by atoms with Crippen molar-refractivity contribution >= 4 is 75.9 Å². The number of fused-ring (bicyclic) bond motifs is 12. The van der Waals surface area contributed by atoms with E-state index in [1.165, 1.54) is 37.7 Å². The fourth-order valence-corrected chi connectivity index (χ4v) is 7.12. The van der Waals surface area contributed by atoms with Crippen LogP contribution in [0.1, 0.15) is 0 Å². The normalized spacial score (nSPS) is 12.0. The third kappa shape index (κ3) is 3.58. The van der Waals surface area contributed by atoms with E-state index >= 15 is 0 Å². The number of furan rings is 1. The van der Waals surface area contributed by atoms with Crippen LogP contribution in [0.15, 0.2) is 150 Å². The zero-order chi connectivity index (χ0) is 29.5. The summed E-state index contributed by atoms with van der Waals surface area (Å²) in [6.07, 6.45) is 0. The van der Waals surface area contributed by atoms with E-state index in [1.54, 1.807) is 0 Å². The molecule has 0 N–H and O–H groups in total. The third-order valence-electron chi connectivity index (χ3n) is 9.23. The Labute approximate surface area is 258 Å². The minimum atomic E-state index is 0.722. The molecule has 3 heteroatoms. The maximum atomic E-state index is 6.30. The quantitative estimate of drug-likeness (QED) is 0.193. The number of para-hydroxylation sites is 1. The van der Waals surface area contributed by atoms with Gasteiger partial charge in [0.2, 0.25) is 0 Å². The van der Waals surface area contributed by atoms with Crippen molar-refractivity contribution in [1.29, 1.82) is 0 Å². The molecule has 0 aliphatic carbocycles. The second-order valence-electron chi connectivity index (χ2n) is 11.7. The summed E-state index contributed by atoms with van der Waals surface area (Å²) in [4.78, 5) is 10.5. The number of rotatable bonds is 2. The molecule has 2 aromatic heterocycles. The van der Waals surface area contributed by atoms with Gasteiger partial charge in [0.15, 0.2) is 5.82 Å². The maximum Gasteiger partial charge on any atom is 0.160 e. The molecular formula is C42H24N2O. The smallest absolute Gasteiger partial charge is 0.160 e. The SMILES string of the molecule is c1ccc(-c2nc(-c3ccc4c(c3)c3ccccc3c3cc5oc6ccccc6c5cc43)nc3c2ccc2ccccc23)cc1. The van der Waals surface area contributed by atoms with Gasteiger partial charge in [0.1, 0.15) is 11.2 Å². The van der Waals surface area contributed by atoms with E-state index in [0.29, 0.717) is 0 Å². The molecule has 10 aromatic rings. The summed E-state index contributed by atoms with van der Waals surface area (Å²) >= 11 is 0. The van der Waals surface area contributed by atoms with Gasteiger partial charge in [-0.25, -0.2) is 9.97 Å². The molecule has 0 unspecified atom stereocenters. The Morgan fingerprint density at radius 2 is 1.00 bits per heavy atom. The summed E-state index contributed by atoms with van der Waals surface area (Å²) in [6.45, 7) is 0. The highest BCUT2D eigenvalue weighted by molar-refractivity contribution is 6.28. The van der Waals surface area contributed by atoms with E-state index in [-0.39, 0.29) is 0 Å². The lowest BCUT2D eigenvalue weighted by Crippen LogP contribution is -1.96. The van der Waals surface area contributed by atoms with Crippen molar-refractivity contribution in [3.05, 3.63) is 146 Å². The van der Waals surface area contributed by atoms with Crippen molar-refractivity contribution in [1.82, 2.24) is 9.97 Å². The molecule has 10 rings (SSSR count). The second-order valence-corrected chi connectivity index (χ2v) is 11.7. The topological polar surface area (TPSA) is 38.9 Å². The Kier molecular flexibility index (Phi) is 5.00. The Balaban J connectivity index is 1.29. The van der Waals surface area contributed by atoms with E-state index in [9.17, 15) is 0 Å². The highest BCUT2D eigenvalue weighted by atomic mass is 16.3. The molecule has 0 saturated heterocycles. The first-order chi connectivity index (χ1) is 22.3. The predicted octanol–water partition coefficient (Wildman–Crippen LogP) is 11.5. The van der Waals surface area contributed by atoms with Crippen molar-refractivity contribution in [3.63, 3.8) is 0 Å². The van der Waals surface area contributed by atoms with Crippen LogP contribution in [0, 0.1) is 0 Å². The molecular weight excluding hydrogens is 548 g/mol. The first kappa shape index (κ1) is 24.4. The molecule has 0 radical (unpaired) electrons. The van der Waals surface area contributed by atoms with E-state index < -0.39 is 0 Å². The molecule has 0 aliphatic heterocycles. The standard InChI is InChI=1S/C42H24N2O/c1-2-11-26(12-3-1)40-33-21-18-25-10-4-5-13-28(25)41(33)44-42(43-40)27-19-20-31-34(22-27)29-14-6-7-15-30(29)36-24-39-37(23-35(31)36)32-16-8-9-17-38(32)45-39/h1-24H. The van der Waals surface area contributed by atoms with Gasteiger partial charge in [0, 0.05) is 32.7 Å². The van der Waals surface area contributed by atoms with Crippen LogP contribution in [-0.2, 0) is 0 Å². The van der Waals surface area contributed by atoms with Gasteiger partial charge in [0.25, 0.3) is 0 Å². The summed E-state index contributed by atoms with van der Waals surface area (Å²) in [7, 11) is 0. The minimum Gasteiger partial charge on any atom is -0.456 e. The number of hydrogen-bond donors (Lipinski definition) is 0. The summed E-state index contributed by atoms with van der Waals surface area (Å²) < 4.78 is 6.30. The molecule has 3 nitrogen and oxygen atoms in total. The zero-order valence-corrected chi connectivity index (χ0v) is 24.2. The fraction of sp³-hybridized carbons (Fsp3) is 0. The highest BCUT2D eigenvalue weighted by Gasteiger charge is 2.17. The molecule has 0 fully saturated rings. The highest BCUT2D eigenvalue weighted by Crippen LogP contribution is 2.41. The van der Waals surface area contributed by atoms with Crippen LogP contribution >= 0.6 is 0 Å². The number of nitrogens with zero attached hydrogens (tertiary/aromatic N) is 2. The molecule has 0 aliphatic rings. The zero-order valence-electron chi connectivity index (χ0n) is 24.2. The van der Waals surface area contributed by atoms with E-state index in [2.05, 4.69) is 127 Å². The monoisotopic (exact) mass is 572 g/mol. The van der Waals surface area contributed by atoms with Crippen LogP contribution in [0.4, 0.5) is 0 Å². The summed E-state index contributed by atoms with van der Waals surface area (Å²) in [5.41, 5.74) is 5.81. The molecule has 0 saturated carbocycles. The van der Waals surface area contributed by atoms with Crippen molar-refractivity contribution in [2.75, 3.05) is 0 Å². The maximum absolute atomic E-state index is 6.30. The van der Waals surface area contributed by atoms with E-state index in [1.807, 2.05) is 18.2 Å². The van der Waals surface area contributed by atoms with Crippen molar-refractivity contribution in [3.8, 4) is 22.6 Å². The third-order valence-corrected chi connectivity index (χ3v) is 9.23. The van der Waals surface area contributed by atoms with Gasteiger partial charge in [0.05, 0.1) is 11.2 Å². The summed E-state index contributed by atoms with van der Waals surface area (Å²) in [6, 6.07) is 51.4. The first-order valence-electron chi connectivity index (χ1n) is 15.2. The van der Waals surface area contributed by atoms with Crippen LogP contribution in [0.5, 0.6) is 0 Å². The van der Waals surface area contributed by atoms with Crippen LogP contribution in [-0.4, -0.2) is 9.97 Å². The number of benzene rings is 8. The van der Waals surface area contributed by atoms with E-state index in [4.69, 9.17) is 14.4 Å². The Hall–Kier alpha value is -6.06. The van der Waals surface area contributed by atoms with Gasteiger partial charge in [-0.3, -0.25) is 0 Å². The van der Waals surface area contributed by atoms with Gasteiger partial charge in [-0.1, -0.05) is 115 Å². The molecule has 0 amide bonds. The van der Waals surface area contributed by atoms with Gasteiger partial charge in [-0.15, -0.1) is 0 Å². The molecule has 2 heterocycles. The van der Waals surface area contributed by atoms with Gasteiger partial charge in [-0.2, -0.15) is 0 Å². The lowest BCUT2D eigenvalue weighted by atomic mass is 9.92. The van der Waals surface area contributed by atoms with Gasteiger partial charge >= 0.3 is 0 Å². The number of hydrogen-bond acceptors (Lipinski definition) is 3. The van der Waals surface area contributed by atoms with E-state index in [0.717, 1.165) is 60.9 Å². The second kappa shape index (κ2) is 9.22. The molecule has 0 atom stereocenters. The molecule has 8 aromatic carbocycles. The largest absolute Gasteiger partial charge is 0.456 e. The van der Waals surface area contributed by atoms with Crippen LogP contribution in [0.3, 0.4) is 0 Å². The lowest BCUT2D eigenvalue weighted by Gasteiger charge is -2.14. The molecule has 0 bridgehead atoms. The number of aromatic nitrogens is 2. The van der Waals surface area contributed by atoms with Crippen molar-refractivity contribution in [2.24, 2.45) is 0 Å². The molecule has 208 valence electrons. The average Bonchev–Trinajstić information content (AvgIpc) is 3.48. The van der Waals surface area contributed by atoms with Crippen LogP contribution < -0.4 is 0 Å². The average molecular weight is 573 g/mol. The summed E-state index contributed by atoms with van der Waals surface area (Å²) in [5.74, 6) is 0.722. The first-order valence-corrected chi connectivity index (χ1v) is 15.2. The lowest BCUT2D eigenvalue weighted by molar-refractivity contribution is 0.669. The van der Waals surface area contributed by atoms with Crippen LogP contribution in [0.2, 0.25) is 0 Å². The van der Waals surface area contributed by atoms with Crippen molar-refractivity contribution in [2.45, 2.75) is 0 Å². The van der Waals surface area contributed by atoms with Crippen LogP contribution in [0.25, 0.3) is 98.6 Å². The summed E-state index contributed by atoms with van der Waals surface area (Å²) in [5, 5.41) is 12.8. The van der Waals surface area contributed by atoms with Gasteiger partial charge in [-0.05, 0) is 68.0 Å². The molecule has 45 heavy (non-hydrogen) atoms. The van der Waals surface area contributed by atoms with Gasteiger partial charge < -0.3 is 4.42 Å². The minimum absolute atomic E-state index is 0.722.